The fourth-order valence-electron chi connectivity index (χ4n) is 3.95. The van der Waals surface area contributed by atoms with E-state index in [0.29, 0.717) is 5.69 Å². The molecule has 33 heavy (non-hydrogen) atoms. The minimum absolute atomic E-state index is 0.0588. The summed E-state index contributed by atoms with van der Waals surface area (Å²) in [7, 11) is -3.71. The number of aromatic nitrogens is 1. The van der Waals surface area contributed by atoms with E-state index < -0.39 is 13.2 Å². The predicted octanol–water partition coefficient (Wildman–Crippen LogP) is 6.80. The van der Waals surface area contributed by atoms with E-state index in [1.807, 2.05) is 38.1 Å². The molecule has 0 aliphatic rings. The molecule has 0 fully saturated rings. The summed E-state index contributed by atoms with van der Waals surface area (Å²) >= 11 is 0. The van der Waals surface area contributed by atoms with Gasteiger partial charge in [0.05, 0.1) is 13.2 Å². The van der Waals surface area contributed by atoms with Crippen LogP contribution in [0.1, 0.15) is 39.5 Å². The van der Waals surface area contributed by atoms with Crippen molar-refractivity contribution >= 4 is 34.4 Å². The summed E-state index contributed by atoms with van der Waals surface area (Å²) in [4.78, 5) is 16.1. The van der Waals surface area contributed by atoms with Crippen LogP contribution in [0.5, 0.6) is 0 Å². The van der Waals surface area contributed by atoms with Crippen LogP contribution >= 0.6 is 7.60 Å². The molecule has 0 aliphatic carbocycles. The molecule has 0 unspecified atom stereocenters. The largest absolute Gasteiger partial charge is 0.366 e. The topological polar surface area (TPSA) is 68.4 Å². The highest BCUT2D eigenvalue weighted by molar-refractivity contribution is 7.62. The maximum atomic E-state index is 13.6. The van der Waals surface area contributed by atoms with E-state index in [1.54, 1.807) is 12.1 Å². The molecule has 5 nitrogen and oxygen atoms in total. The van der Waals surface area contributed by atoms with Gasteiger partial charge in [-0.15, -0.1) is 0 Å². The number of H-pyrrole nitrogens is 1. The molecule has 4 rings (SSSR count). The second-order valence-corrected chi connectivity index (χ2v) is 10.1. The van der Waals surface area contributed by atoms with Crippen LogP contribution in [0, 0.1) is 0 Å². The van der Waals surface area contributed by atoms with Gasteiger partial charge in [-0.05, 0) is 52.6 Å². The van der Waals surface area contributed by atoms with Gasteiger partial charge in [-0.3, -0.25) is 9.36 Å². The zero-order chi connectivity index (χ0) is 23.3. The number of fused-ring (bicyclic) bond motifs is 3. The van der Waals surface area contributed by atoms with E-state index in [-0.39, 0.29) is 18.5 Å². The van der Waals surface area contributed by atoms with Crippen LogP contribution in [0.4, 0.5) is 0 Å². The molecule has 172 valence electrons. The van der Waals surface area contributed by atoms with Gasteiger partial charge in [0.25, 0.3) is 5.56 Å². The van der Waals surface area contributed by atoms with E-state index in [0.717, 1.165) is 52.8 Å². The average Bonchev–Trinajstić information content (AvgIpc) is 2.84. The third kappa shape index (κ3) is 4.96. The van der Waals surface area contributed by atoms with Gasteiger partial charge >= 0.3 is 7.60 Å². The Balaban J connectivity index is 1.79. The highest BCUT2D eigenvalue weighted by Crippen LogP contribution is 2.46. The summed E-state index contributed by atoms with van der Waals surface area (Å²) in [6.07, 6.45) is 3.30. The van der Waals surface area contributed by atoms with Crippen molar-refractivity contribution in [2.45, 2.75) is 39.5 Å². The van der Waals surface area contributed by atoms with Crippen molar-refractivity contribution in [2.24, 2.45) is 0 Å². The molecular formula is C27H30NO4P. The molecule has 0 aliphatic heterocycles. The van der Waals surface area contributed by atoms with E-state index >= 15 is 0 Å². The first-order valence-electron chi connectivity index (χ1n) is 11.6. The monoisotopic (exact) mass is 463 g/mol. The van der Waals surface area contributed by atoms with Crippen LogP contribution in [-0.2, 0) is 13.6 Å². The molecule has 0 radical (unpaired) electrons. The third-order valence-electron chi connectivity index (χ3n) is 5.76. The highest BCUT2D eigenvalue weighted by Gasteiger charge is 2.31. The van der Waals surface area contributed by atoms with Crippen molar-refractivity contribution in [3.05, 3.63) is 77.1 Å². The quantitative estimate of drug-likeness (QED) is 0.160. The maximum Gasteiger partial charge on any atom is 0.366 e. The normalized spacial score (nSPS) is 11.9. The number of hydrogen-bond donors (Lipinski definition) is 1. The van der Waals surface area contributed by atoms with Crippen LogP contribution in [0.25, 0.3) is 32.8 Å². The summed E-state index contributed by atoms with van der Waals surface area (Å²) in [6.45, 7) is 4.64. The molecule has 0 atom stereocenters. The Morgan fingerprint density at radius 3 is 2.03 bits per heavy atom. The zero-order valence-corrected chi connectivity index (χ0v) is 20.1. The Labute approximate surface area is 194 Å². The third-order valence-corrected chi connectivity index (χ3v) is 7.75. The summed E-state index contributed by atoms with van der Waals surface area (Å²) in [5, 5.41) is 4.47. The average molecular weight is 464 g/mol. The summed E-state index contributed by atoms with van der Waals surface area (Å²) < 4.78 is 24.9. The van der Waals surface area contributed by atoms with Crippen LogP contribution in [0.15, 0.2) is 71.5 Å². The van der Waals surface area contributed by atoms with Gasteiger partial charge in [-0.2, -0.15) is 0 Å². The molecule has 0 amide bonds. The van der Waals surface area contributed by atoms with Crippen LogP contribution in [0.3, 0.4) is 0 Å². The Bertz CT molecular complexity index is 1350. The molecule has 0 spiro atoms. The molecule has 1 N–H and O–H groups in total. The lowest BCUT2D eigenvalue weighted by Gasteiger charge is -2.18. The first-order valence-corrected chi connectivity index (χ1v) is 13.2. The number of rotatable bonds is 10. The van der Waals surface area contributed by atoms with Gasteiger partial charge in [0.15, 0.2) is 0 Å². The fourth-order valence-corrected chi connectivity index (χ4v) is 5.60. The van der Waals surface area contributed by atoms with Crippen molar-refractivity contribution in [1.82, 2.24) is 4.98 Å². The molecule has 3 aromatic carbocycles. The maximum absolute atomic E-state index is 13.6. The second-order valence-electron chi connectivity index (χ2n) is 8.15. The smallest absolute Gasteiger partial charge is 0.321 e. The summed E-state index contributed by atoms with van der Waals surface area (Å²) in [5.74, 6) is 0. The Morgan fingerprint density at radius 1 is 0.788 bits per heavy atom. The Kier molecular flexibility index (Phi) is 7.44. The molecule has 1 aromatic heterocycles. The molecule has 6 heteroatoms. The molecule has 0 saturated heterocycles. The van der Waals surface area contributed by atoms with E-state index in [1.165, 1.54) is 0 Å². The summed E-state index contributed by atoms with van der Waals surface area (Å²) in [5.41, 5.74) is 1.14. The van der Waals surface area contributed by atoms with Crippen LogP contribution in [0.2, 0.25) is 0 Å². The Morgan fingerprint density at radius 2 is 1.39 bits per heavy atom. The standard InChI is InChI=1S/C27H30NO4P/c1-3-5-17-31-33(30,32-18-6-4-2)26-16-15-25(28-27(26)29)24-19-20-11-7-8-12-21(20)22-13-9-10-14-23(22)24/h7-16,19H,3-6,17-18H2,1-2H3,(H,28,29). The number of nitrogens with one attached hydrogen (secondary N) is 1. The Hall–Kier alpha value is -2.72. The van der Waals surface area contributed by atoms with Crippen molar-refractivity contribution in [3.63, 3.8) is 0 Å². The highest BCUT2D eigenvalue weighted by atomic mass is 31.2. The number of pyridine rings is 1. The first kappa shape index (κ1) is 23.4. The molecule has 4 aromatic rings. The lowest BCUT2D eigenvalue weighted by molar-refractivity contribution is 0.208. The lowest BCUT2D eigenvalue weighted by atomic mass is 9.95. The van der Waals surface area contributed by atoms with Gasteiger partial charge in [-0.1, -0.05) is 75.2 Å². The van der Waals surface area contributed by atoms with E-state index in [4.69, 9.17) is 9.05 Å². The lowest BCUT2D eigenvalue weighted by Crippen LogP contribution is -2.29. The van der Waals surface area contributed by atoms with Crippen molar-refractivity contribution in [2.75, 3.05) is 13.2 Å². The van der Waals surface area contributed by atoms with Gasteiger partial charge in [0, 0.05) is 11.3 Å². The van der Waals surface area contributed by atoms with Gasteiger partial charge < -0.3 is 14.0 Å². The SMILES string of the molecule is CCCCOP(=O)(OCCCC)c1ccc(-c2cc3ccccc3c3ccccc23)[nH]c1=O. The van der Waals surface area contributed by atoms with Gasteiger partial charge in [0.1, 0.15) is 5.30 Å². The number of aromatic amines is 1. The predicted molar refractivity (Wildman–Crippen MR) is 136 cm³/mol. The summed E-state index contributed by atoms with van der Waals surface area (Å²) in [6, 6.07) is 21.8. The van der Waals surface area contributed by atoms with E-state index in [9.17, 15) is 9.36 Å². The number of benzene rings is 3. The van der Waals surface area contributed by atoms with Crippen LogP contribution < -0.4 is 10.9 Å². The molecule has 0 saturated carbocycles. The minimum atomic E-state index is -3.71. The minimum Gasteiger partial charge on any atom is -0.321 e. The second kappa shape index (κ2) is 10.5. The molecule has 0 bridgehead atoms. The zero-order valence-electron chi connectivity index (χ0n) is 19.2. The van der Waals surface area contributed by atoms with Gasteiger partial charge in [-0.25, -0.2) is 0 Å². The molecule has 1 heterocycles. The number of hydrogen-bond acceptors (Lipinski definition) is 4. The van der Waals surface area contributed by atoms with Gasteiger partial charge in [0.2, 0.25) is 0 Å². The van der Waals surface area contributed by atoms with Crippen LogP contribution in [-0.4, -0.2) is 18.2 Å². The van der Waals surface area contributed by atoms with Crippen molar-refractivity contribution < 1.29 is 13.6 Å². The molecular weight excluding hydrogens is 433 g/mol. The first-order chi connectivity index (χ1) is 16.1. The number of unbranched alkanes of at least 4 members (excludes halogenated alkanes) is 2. The van der Waals surface area contributed by atoms with Crippen molar-refractivity contribution in [3.8, 4) is 11.3 Å². The van der Waals surface area contributed by atoms with Crippen molar-refractivity contribution in [1.29, 1.82) is 0 Å². The van der Waals surface area contributed by atoms with E-state index in [2.05, 4.69) is 35.3 Å². The fraction of sp³-hybridized carbons (Fsp3) is 0.296.